The second-order valence-corrected chi connectivity index (χ2v) is 3.00. The van der Waals surface area contributed by atoms with Crippen LogP contribution in [0.25, 0.3) is 0 Å². The van der Waals surface area contributed by atoms with Crippen LogP contribution in [-0.2, 0) is 0 Å². The van der Waals surface area contributed by atoms with E-state index >= 15 is 0 Å². The van der Waals surface area contributed by atoms with Crippen molar-refractivity contribution >= 4 is 0 Å². The molecule has 0 aliphatic rings. The Morgan fingerprint density at radius 1 is 1.46 bits per heavy atom. The summed E-state index contributed by atoms with van der Waals surface area (Å²) in [5.74, 6) is 0. The fourth-order valence-corrected chi connectivity index (χ4v) is 1.07. The SMILES string of the molecule is C=C/C=C(\C=C)CN(C)CCCO. The minimum atomic E-state index is 0.249. The van der Waals surface area contributed by atoms with E-state index in [2.05, 4.69) is 18.1 Å². The third-order valence-corrected chi connectivity index (χ3v) is 1.74. The lowest BCUT2D eigenvalue weighted by Crippen LogP contribution is -2.22. The molecule has 0 unspecified atom stereocenters. The van der Waals surface area contributed by atoms with Gasteiger partial charge in [-0.2, -0.15) is 0 Å². The number of hydrogen-bond donors (Lipinski definition) is 1. The maximum absolute atomic E-state index is 8.63. The fourth-order valence-electron chi connectivity index (χ4n) is 1.07. The largest absolute Gasteiger partial charge is 0.396 e. The molecule has 0 heterocycles. The van der Waals surface area contributed by atoms with Crippen LogP contribution >= 0.6 is 0 Å². The lowest BCUT2D eigenvalue weighted by atomic mass is 10.2. The number of rotatable bonds is 7. The molecule has 0 atom stereocenters. The predicted octanol–water partition coefficient (Wildman–Crippen LogP) is 1.60. The average molecular weight is 181 g/mol. The second kappa shape index (κ2) is 7.77. The van der Waals surface area contributed by atoms with E-state index < -0.39 is 0 Å². The van der Waals surface area contributed by atoms with Gasteiger partial charge in [0.15, 0.2) is 0 Å². The maximum atomic E-state index is 8.63. The molecule has 0 amide bonds. The number of aliphatic hydroxyl groups is 1. The zero-order chi connectivity index (χ0) is 10.1. The molecule has 1 N–H and O–H groups in total. The van der Waals surface area contributed by atoms with Gasteiger partial charge in [-0.3, -0.25) is 0 Å². The molecule has 0 aromatic rings. The lowest BCUT2D eigenvalue weighted by molar-refractivity contribution is 0.255. The van der Waals surface area contributed by atoms with E-state index in [9.17, 15) is 0 Å². The first-order chi connectivity index (χ1) is 6.24. The molecule has 0 aliphatic carbocycles. The van der Waals surface area contributed by atoms with E-state index in [1.54, 1.807) is 6.08 Å². The van der Waals surface area contributed by atoms with Crippen molar-refractivity contribution in [2.45, 2.75) is 6.42 Å². The summed E-state index contributed by atoms with van der Waals surface area (Å²) in [7, 11) is 2.02. The minimum Gasteiger partial charge on any atom is -0.396 e. The molecule has 0 aromatic heterocycles. The summed E-state index contributed by atoms with van der Waals surface area (Å²) in [5, 5.41) is 8.63. The zero-order valence-corrected chi connectivity index (χ0v) is 8.37. The van der Waals surface area contributed by atoms with Crippen LogP contribution < -0.4 is 0 Å². The number of nitrogens with zero attached hydrogens (tertiary/aromatic N) is 1. The summed E-state index contributed by atoms with van der Waals surface area (Å²) in [6.45, 7) is 9.36. The number of hydrogen-bond acceptors (Lipinski definition) is 2. The van der Waals surface area contributed by atoms with Gasteiger partial charge in [-0.15, -0.1) is 0 Å². The average Bonchev–Trinajstić information content (AvgIpc) is 2.14. The van der Waals surface area contributed by atoms with Crippen LogP contribution in [0.1, 0.15) is 6.42 Å². The van der Waals surface area contributed by atoms with Gasteiger partial charge in [0, 0.05) is 19.7 Å². The fraction of sp³-hybridized carbons (Fsp3) is 0.455. The molecule has 0 bridgehead atoms. The molecule has 0 rings (SSSR count). The highest BCUT2D eigenvalue weighted by molar-refractivity contribution is 5.22. The highest BCUT2D eigenvalue weighted by Gasteiger charge is 1.98. The van der Waals surface area contributed by atoms with Crippen LogP contribution in [0.2, 0.25) is 0 Å². The molecular weight excluding hydrogens is 162 g/mol. The Hall–Kier alpha value is -0.860. The third-order valence-electron chi connectivity index (χ3n) is 1.74. The summed E-state index contributed by atoms with van der Waals surface area (Å²) >= 11 is 0. The van der Waals surface area contributed by atoms with Gasteiger partial charge in [0.1, 0.15) is 0 Å². The molecule has 0 aromatic carbocycles. The third kappa shape index (κ3) is 6.31. The van der Waals surface area contributed by atoms with Gasteiger partial charge in [-0.25, -0.2) is 0 Å². The zero-order valence-electron chi connectivity index (χ0n) is 8.37. The first-order valence-electron chi connectivity index (χ1n) is 4.48. The van der Waals surface area contributed by atoms with E-state index in [1.165, 1.54) is 0 Å². The molecule has 2 heteroatoms. The molecule has 0 spiro atoms. The van der Waals surface area contributed by atoms with Crippen LogP contribution in [0.15, 0.2) is 37.0 Å². The predicted molar refractivity (Wildman–Crippen MR) is 57.7 cm³/mol. The van der Waals surface area contributed by atoms with Gasteiger partial charge in [0.05, 0.1) is 0 Å². The monoisotopic (exact) mass is 181 g/mol. The van der Waals surface area contributed by atoms with Gasteiger partial charge >= 0.3 is 0 Å². The smallest absolute Gasteiger partial charge is 0.0443 e. The Bertz CT molecular complexity index is 185. The Morgan fingerprint density at radius 3 is 2.62 bits per heavy atom. The Kier molecular flexibility index (Phi) is 7.26. The Morgan fingerprint density at radius 2 is 2.15 bits per heavy atom. The van der Waals surface area contributed by atoms with Crippen molar-refractivity contribution in [2.75, 3.05) is 26.7 Å². The normalized spacial score (nSPS) is 11.8. The summed E-state index contributed by atoms with van der Waals surface area (Å²) in [6.07, 6.45) is 6.35. The van der Waals surface area contributed by atoms with Crippen molar-refractivity contribution in [1.82, 2.24) is 4.90 Å². The minimum absolute atomic E-state index is 0.249. The van der Waals surface area contributed by atoms with E-state index in [0.717, 1.165) is 25.1 Å². The quantitative estimate of drug-likeness (QED) is 0.603. The number of likely N-dealkylation sites (N-methyl/N-ethyl adjacent to an activating group) is 1. The molecule has 0 radical (unpaired) electrons. The molecule has 74 valence electrons. The molecule has 0 saturated heterocycles. The van der Waals surface area contributed by atoms with Crippen molar-refractivity contribution in [2.24, 2.45) is 0 Å². The van der Waals surface area contributed by atoms with Crippen LogP contribution in [0.4, 0.5) is 0 Å². The van der Waals surface area contributed by atoms with Gasteiger partial charge in [-0.05, 0) is 19.0 Å². The molecule has 0 fully saturated rings. The van der Waals surface area contributed by atoms with Crippen LogP contribution in [0, 0.1) is 0 Å². The van der Waals surface area contributed by atoms with Crippen LogP contribution in [0.3, 0.4) is 0 Å². The first-order valence-corrected chi connectivity index (χ1v) is 4.48. The first kappa shape index (κ1) is 12.1. The van der Waals surface area contributed by atoms with E-state index in [0.29, 0.717) is 0 Å². The van der Waals surface area contributed by atoms with E-state index in [4.69, 9.17) is 5.11 Å². The van der Waals surface area contributed by atoms with E-state index in [1.807, 2.05) is 19.2 Å². The molecule has 0 aliphatic heterocycles. The topological polar surface area (TPSA) is 23.5 Å². The number of allylic oxidation sites excluding steroid dienone is 2. The standard InChI is InChI=1S/C11H19NO/c1-4-7-11(5-2)10-12(3)8-6-9-13/h4-5,7,13H,1-2,6,8-10H2,3H3/b11-7+. The van der Waals surface area contributed by atoms with Gasteiger partial charge in [-0.1, -0.05) is 31.4 Å². The van der Waals surface area contributed by atoms with Gasteiger partial charge in [0.2, 0.25) is 0 Å². The molecule has 2 nitrogen and oxygen atoms in total. The maximum Gasteiger partial charge on any atom is 0.0443 e. The second-order valence-electron chi connectivity index (χ2n) is 3.00. The van der Waals surface area contributed by atoms with Crippen molar-refractivity contribution in [3.8, 4) is 0 Å². The lowest BCUT2D eigenvalue weighted by Gasteiger charge is -2.16. The Labute approximate surface area is 80.9 Å². The molecule has 13 heavy (non-hydrogen) atoms. The summed E-state index contributed by atoms with van der Waals surface area (Å²) in [6, 6.07) is 0. The summed E-state index contributed by atoms with van der Waals surface area (Å²) < 4.78 is 0. The number of aliphatic hydroxyl groups excluding tert-OH is 1. The summed E-state index contributed by atoms with van der Waals surface area (Å²) in [5.41, 5.74) is 1.15. The van der Waals surface area contributed by atoms with Crippen molar-refractivity contribution in [3.63, 3.8) is 0 Å². The molecular formula is C11H19NO. The summed E-state index contributed by atoms with van der Waals surface area (Å²) in [4.78, 5) is 2.15. The molecule has 0 saturated carbocycles. The van der Waals surface area contributed by atoms with Crippen molar-refractivity contribution in [1.29, 1.82) is 0 Å². The van der Waals surface area contributed by atoms with E-state index in [-0.39, 0.29) is 6.61 Å². The van der Waals surface area contributed by atoms with Crippen molar-refractivity contribution < 1.29 is 5.11 Å². The van der Waals surface area contributed by atoms with Crippen molar-refractivity contribution in [3.05, 3.63) is 37.0 Å². The highest BCUT2D eigenvalue weighted by Crippen LogP contribution is 1.99. The van der Waals surface area contributed by atoms with Gasteiger partial charge < -0.3 is 10.0 Å². The Balaban J connectivity index is 3.86. The van der Waals surface area contributed by atoms with Crippen LogP contribution in [0.5, 0.6) is 0 Å². The highest BCUT2D eigenvalue weighted by atomic mass is 16.3. The van der Waals surface area contributed by atoms with Gasteiger partial charge in [0.25, 0.3) is 0 Å². The van der Waals surface area contributed by atoms with Crippen LogP contribution in [-0.4, -0.2) is 36.8 Å².